The second-order valence-electron chi connectivity index (χ2n) is 10.3. The van der Waals surface area contributed by atoms with Crippen LogP contribution in [0, 0.1) is 29.4 Å². The number of terminal acetylenes is 1. The molecule has 3 aromatic carbocycles. The van der Waals surface area contributed by atoms with Crippen molar-refractivity contribution in [1.29, 1.82) is 0 Å². The molecule has 1 saturated heterocycles. The zero-order chi connectivity index (χ0) is 31.3. The highest BCUT2D eigenvalue weighted by molar-refractivity contribution is 5.48. The average Bonchev–Trinajstić information content (AvgIpc) is 3.41. The van der Waals surface area contributed by atoms with Gasteiger partial charge in [-0.05, 0) is 35.7 Å². The van der Waals surface area contributed by atoms with Crippen LogP contribution in [0.15, 0.2) is 101 Å². The quantitative estimate of drug-likeness (QED) is 0.120. The number of rotatable bonds is 11. The van der Waals surface area contributed by atoms with Gasteiger partial charge in [0, 0.05) is 16.7 Å². The maximum Gasteiger partial charge on any atom is 0.330 e. The standard InChI is InChI=1S/C33H31N3O8/c1-4-19-42-29-28(36(39)40)27(44-31(29)35-20-22(2)30(37)34-32(35)38)21-43-33(23-11-7-5-8-12-23,24-13-9-6-10-14-24)25-15-17-26(41-3)18-16-25/h1,5-18,20,27-29,31H,19,21H2,2-3H3,(H,34,37,38)/t27-,28-,29-,31-/m1/s1. The van der Waals surface area contributed by atoms with Crippen LogP contribution < -0.4 is 16.0 Å². The second kappa shape index (κ2) is 13.1. The van der Waals surface area contributed by atoms with Gasteiger partial charge in [-0.2, -0.15) is 0 Å². The number of nitrogens with zero attached hydrogens (tertiary/aromatic N) is 2. The molecule has 1 fully saturated rings. The first-order valence-electron chi connectivity index (χ1n) is 13.9. The monoisotopic (exact) mass is 597 g/mol. The first-order valence-corrected chi connectivity index (χ1v) is 13.9. The minimum absolute atomic E-state index is 0.216. The minimum Gasteiger partial charge on any atom is -0.497 e. The number of benzene rings is 3. The topological polar surface area (TPSA) is 135 Å². The summed E-state index contributed by atoms with van der Waals surface area (Å²) in [6.07, 6.45) is 2.99. The summed E-state index contributed by atoms with van der Waals surface area (Å²) in [7, 11) is 1.58. The molecule has 0 saturated carbocycles. The normalized spacial score (nSPS) is 19.8. The van der Waals surface area contributed by atoms with E-state index < -0.39 is 46.3 Å². The minimum atomic E-state index is -1.47. The van der Waals surface area contributed by atoms with E-state index in [0.29, 0.717) is 5.75 Å². The molecule has 0 aliphatic carbocycles. The highest BCUT2D eigenvalue weighted by Crippen LogP contribution is 2.42. The van der Waals surface area contributed by atoms with Crippen LogP contribution in [0.25, 0.3) is 0 Å². The molecule has 11 nitrogen and oxygen atoms in total. The van der Waals surface area contributed by atoms with Crippen LogP contribution in [0.5, 0.6) is 5.75 Å². The molecule has 0 radical (unpaired) electrons. The smallest absolute Gasteiger partial charge is 0.330 e. The van der Waals surface area contributed by atoms with Gasteiger partial charge < -0.3 is 18.9 Å². The lowest BCUT2D eigenvalue weighted by Gasteiger charge is -2.36. The Hall–Kier alpha value is -5.02. The van der Waals surface area contributed by atoms with Crippen LogP contribution in [-0.4, -0.2) is 53.0 Å². The second-order valence-corrected chi connectivity index (χ2v) is 10.3. The molecule has 44 heavy (non-hydrogen) atoms. The summed E-state index contributed by atoms with van der Waals surface area (Å²) < 4.78 is 25.2. The molecule has 1 aliphatic heterocycles. The number of H-pyrrole nitrogens is 1. The molecule has 226 valence electrons. The van der Waals surface area contributed by atoms with E-state index in [1.54, 1.807) is 7.11 Å². The number of ether oxygens (including phenoxy) is 4. The lowest BCUT2D eigenvalue weighted by molar-refractivity contribution is -0.538. The van der Waals surface area contributed by atoms with Crippen LogP contribution in [0.3, 0.4) is 0 Å². The summed E-state index contributed by atoms with van der Waals surface area (Å²) in [6, 6.07) is 24.9. The van der Waals surface area contributed by atoms with Gasteiger partial charge >= 0.3 is 5.69 Å². The van der Waals surface area contributed by atoms with E-state index in [0.717, 1.165) is 21.3 Å². The lowest BCUT2D eigenvalue weighted by Crippen LogP contribution is -2.45. The Labute approximate surface area is 253 Å². The van der Waals surface area contributed by atoms with Crippen molar-refractivity contribution in [2.75, 3.05) is 20.3 Å². The van der Waals surface area contributed by atoms with Crippen molar-refractivity contribution >= 4 is 0 Å². The third-order valence-corrected chi connectivity index (χ3v) is 7.66. The first-order chi connectivity index (χ1) is 21.3. The predicted octanol–water partition coefficient (Wildman–Crippen LogP) is 3.42. The van der Waals surface area contributed by atoms with Crippen molar-refractivity contribution in [2.24, 2.45) is 0 Å². The fourth-order valence-corrected chi connectivity index (χ4v) is 5.56. The van der Waals surface area contributed by atoms with Crippen LogP contribution in [0.2, 0.25) is 0 Å². The summed E-state index contributed by atoms with van der Waals surface area (Å²) in [5.41, 5.74) is -0.0932. The fraction of sp³-hybridized carbons (Fsp3) is 0.273. The zero-order valence-corrected chi connectivity index (χ0v) is 24.1. The Morgan fingerprint density at radius 2 is 1.59 bits per heavy atom. The number of nitro groups is 1. The summed E-state index contributed by atoms with van der Waals surface area (Å²) in [4.78, 5) is 39.1. The van der Waals surface area contributed by atoms with Crippen molar-refractivity contribution in [2.45, 2.75) is 37.0 Å². The van der Waals surface area contributed by atoms with Crippen LogP contribution in [0.1, 0.15) is 28.5 Å². The number of hydrogen-bond donors (Lipinski definition) is 1. The number of hydrogen-bond acceptors (Lipinski definition) is 8. The van der Waals surface area contributed by atoms with E-state index in [9.17, 15) is 19.7 Å². The maximum atomic E-state index is 12.8. The van der Waals surface area contributed by atoms with Crippen LogP contribution in [-0.2, 0) is 19.8 Å². The van der Waals surface area contributed by atoms with Gasteiger partial charge in [-0.3, -0.25) is 24.5 Å². The Kier molecular flexibility index (Phi) is 9.06. The van der Waals surface area contributed by atoms with Gasteiger partial charge in [-0.1, -0.05) is 78.7 Å². The van der Waals surface area contributed by atoms with Crippen molar-refractivity contribution in [3.63, 3.8) is 0 Å². The molecule has 1 aromatic heterocycles. The summed E-state index contributed by atoms with van der Waals surface area (Å²) >= 11 is 0. The molecule has 1 aliphatic rings. The van der Waals surface area contributed by atoms with E-state index in [4.69, 9.17) is 25.4 Å². The van der Waals surface area contributed by atoms with Gasteiger partial charge in [0.1, 0.15) is 18.0 Å². The molecule has 4 aromatic rings. The number of aromatic amines is 1. The van der Waals surface area contributed by atoms with E-state index in [1.807, 2.05) is 84.9 Å². The van der Waals surface area contributed by atoms with Gasteiger partial charge in [-0.15, -0.1) is 6.42 Å². The molecule has 0 spiro atoms. The van der Waals surface area contributed by atoms with E-state index in [1.165, 1.54) is 13.1 Å². The summed E-state index contributed by atoms with van der Waals surface area (Å²) in [5.74, 6) is 2.97. The SMILES string of the molecule is C#CCO[C@@H]1[C@H]([N+](=O)[O-])[C@@H](COC(c2ccccc2)(c2ccccc2)c2ccc(OC)cc2)O[C@H]1n1cc(C)c(=O)[nH]c1=O. The molecule has 0 bridgehead atoms. The fourth-order valence-electron chi connectivity index (χ4n) is 5.56. The van der Waals surface area contributed by atoms with Crippen molar-refractivity contribution < 1.29 is 23.9 Å². The molecule has 11 heteroatoms. The van der Waals surface area contributed by atoms with Gasteiger partial charge in [0.2, 0.25) is 0 Å². The molecular formula is C33H31N3O8. The maximum absolute atomic E-state index is 12.8. The molecular weight excluding hydrogens is 566 g/mol. The molecule has 4 atom stereocenters. The number of aryl methyl sites for hydroxylation is 1. The number of methoxy groups -OCH3 is 1. The number of nitrogens with one attached hydrogen (secondary N) is 1. The van der Waals surface area contributed by atoms with E-state index in [-0.39, 0.29) is 18.8 Å². The Balaban J connectivity index is 1.61. The molecule has 2 heterocycles. The molecule has 5 rings (SSSR count). The molecule has 0 unspecified atom stereocenters. The summed E-state index contributed by atoms with van der Waals surface area (Å²) in [6.45, 7) is 0.976. The molecule has 0 amide bonds. The van der Waals surface area contributed by atoms with Crippen LogP contribution >= 0.6 is 0 Å². The number of aromatic nitrogens is 2. The average molecular weight is 598 g/mol. The Morgan fingerprint density at radius 1 is 1.00 bits per heavy atom. The third kappa shape index (κ3) is 5.78. The molecule has 1 N–H and O–H groups in total. The first kappa shape index (κ1) is 30.4. The zero-order valence-electron chi connectivity index (χ0n) is 24.1. The van der Waals surface area contributed by atoms with Crippen molar-refractivity contribution in [3.8, 4) is 18.1 Å². The highest BCUT2D eigenvalue weighted by Gasteiger charge is 2.55. The largest absolute Gasteiger partial charge is 0.497 e. The Morgan fingerprint density at radius 3 is 2.14 bits per heavy atom. The van der Waals surface area contributed by atoms with Gasteiger partial charge in [0.15, 0.2) is 18.4 Å². The van der Waals surface area contributed by atoms with Gasteiger partial charge in [0.25, 0.3) is 11.6 Å². The predicted molar refractivity (Wildman–Crippen MR) is 161 cm³/mol. The van der Waals surface area contributed by atoms with Gasteiger partial charge in [0.05, 0.1) is 13.7 Å². The van der Waals surface area contributed by atoms with Gasteiger partial charge in [-0.25, -0.2) is 4.79 Å². The van der Waals surface area contributed by atoms with Crippen molar-refractivity contribution in [1.82, 2.24) is 9.55 Å². The Bertz CT molecular complexity index is 1710. The lowest BCUT2D eigenvalue weighted by atomic mass is 9.80. The summed E-state index contributed by atoms with van der Waals surface area (Å²) in [5, 5.41) is 12.6. The van der Waals surface area contributed by atoms with E-state index >= 15 is 0 Å². The van der Waals surface area contributed by atoms with Crippen molar-refractivity contribution in [3.05, 3.63) is 144 Å². The highest BCUT2D eigenvalue weighted by atomic mass is 16.7. The van der Waals surface area contributed by atoms with E-state index in [2.05, 4.69) is 10.9 Å². The van der Waals surface area contributed by atoms with Crippen LogP contribution in [0.4, 0.5) is 0 Å². The third-order valence-electron chi connectivity index (χ3n) is 7.66.